The zero-order chi connectivity index (χ0) is 23.6. The summed E-state index contributed by atoms with van der Waals surface area (Å²) in [6, 6.07) is 11.7. The van der Waals surface area contributed by atoms with E-state index < -0.39 is 21.7 Å². The van der Waals surface area contributed by atoms with Crippen molar-refractivity contribution in [2.45, 2.75) is 18.2 Å². The van der Waals surface area contributed by atoms with E-state index in [4.69, 9.17) is 11.6 Å². The molecule has 0 aliphatic carbocycles. The molecule has 0 saturated carbocycles. The molecule has 0 aliphatic heterocycles. The minimum absolute atomic E-state index is 0.0953. The van der Waals surface area contributed by atoms with E-state index in [9.17, 15) is 17.2 Å². The third-order valence-corrected chi connectivity index (χ3v) is 6.74. The standard InChI is InChI=1S/C22H20ClF2N5O2S/c1-14-13-27-30-21(12-20(29-22(14)30)16-5-2-3-6-17(16)23)26-9-4-10-28-33(31,32)15-7-8-18(24)19(25)11-15/h2-3,5-8,11-13,26,28H,4,9-10H2,1H3. The molecule has 2 aromatic heterocycles. The minimum atomic E-state index is -3.95. The fourth-order valence-corrected chi connectivity index (χ4v) is 4.56. The fraction of sp³-hybridized carbons (Fsp3) is 0.182. The van der Waals surface area contributed by atoms with E-state index in [0.717, 1.165) is 23.3 Å². The third-order valence-electron chi connectivity index (χ3n) is 4.95. The molecule has 2 heterocycles. The van der Waals surface area contributed by atoms with Gasteiger partial charge in [-0.3, -0.25) is 0 Å². The zero-order valence-electron chi connectivity index (χ0n) is 17.5. The lowest BCUT2D eigenvalue weighted by molar-refractivity contribution is 0.504. The summed E-state index contributed by atoms with van der Waals surface area (Å²) in [5.74, 6) is -1.65. The van der Waals surface area contributed by atoms with Crippen LogP contribution in [0.3, 0.4) is 0 Å². The molecule has 0 saturated heterocycles. The number of nitrogens with one attached hydrogen (secondary N) is 2. The Balaban J connectivity index is 1.45. The van der Waals surface area contributed by atoms with Gasteiger partial charge in [0.15, 0.2) is 17.3 Å². The van der Waals surface area contributed by atoms with Gasteiger partial charge in [0.05, 0.1) is 16.8 Å². The van der Waals surface area contributed by atoms with Crippen molar-refractivity contribution in [3.8, 4) is 11.3 Å². The Labute approximate surface area is 194 Å². The molecule has 2 N–H and O–H groups in total. The number of halogens is 3. The number of hydrogen-bond acceptors (Lipinski definition) is 5. The summed E-state index contributed by atoms with van der Waals surface area (Å²) in [5.41, 5.74) is 3.03. The first-order chi connectivity index (χ1) is 15.8. The molecule has 0 amide bonds. The van der Waals surface area contributed by atoms with Crippen molar-refractivity contribution >= 4 is 33.1 Å². The molecular formula is C22H20ClF2N5O2S. The van der Waals surface area contributed by atoms with Gasteiger partial charge in [-0.15, -0.1) is 0 Å². The van der Waals surface area contributed by atoms with Gasteiger partial charge in [0.2, 0.25) is 10.0 Å². The Bertz CT molecular complexity index is 1430. The van der Waals surface area contributed by atoms with E-state index in [2.05, 4.69) is 20.1 Å². The molecular weight excluding hydrogens is 472 g/mol. The lowest BCUT2D eigenvalue weighted by Crippen LogP contribution is -2.26. The number of fused-ring (bicyclic) bond motifs is 1. The van der Waals surface area contributed by atoms with Crippen molar-refractivity contribution in [1.29, 1.82) is 0 Å². The van der Waals surface area contributed by atoms with Gasteiger partial charge >= 0.3 is 0 Å². The highest BCUT2D eigenvalue weighted by atomic mass is 35.5. The summed E-state index contributed by atoms with van der Waals surface area (Å²) in [6.07, 6.45) is 2.13. The van der Waals surface area contributed by atoms with Crippen molar-refractivity contribution in [3.05, 3.63) is 76.9 Å². The molecule has 172 valence electrons. The fourth-order valence-electron chi connectivity index (χ4n) is 3.24. The zero-order valence-corrected chi connectivity index (χ0v) is 19.1. The van der Waals surface area contributed by atoms with Crippen molar-refractivity contribution in [3.63, 3.8) is 0 Å². The lowest BCUT2D eigenvalue weighted by atomic mass is 10.1. The first-order valence-corrected chi connectivity index (χ1v) is 11.9. The van der Waals surface area contributed by atoms with Gasteiger partial charge in [0, 0.05) is 35.3 Å². The monoisotopic (exact) mass is 491 g/mol. The normalized spacial score (nSPS) is 11.8. The molecule has 0 atom stereocenters. The van der Waals surface area contributed by atoms with Gasteiger partial charge in [-0.1, -0.05) is 29.8 Å². The van der Waals surface area contributed by atoms with E-state index in [1.54, 1.807) is 16.8 Å². The van der Waals surface area contributed by atoms with Crippen LogP contribution in [0.15, 0.2) is 59.6 Å². The van der Waals surface area contributed by atoms with Crippen LogP contribution < -0.4 is 10.0 Å². The van der Waals surface area contributed by atoms with E-state index in [0.29, 0.717) is 41.2 Å². The Morgan fingerprint density at radius 1 is 1.06 bits per heavy atom. The number of rotatable bonds is 8. The molecule has 0 spiro atoms. The van der Waals surface area contributed by atoms with Gasteiger partial charge in [0.1, 0.15) is 5.82 Å². The number of sulfonamides is 1. The largest absolute Gasteiger partial charge is 0.370 e. The SMILES string of the molecule is Cc1cnn2c(NCCCNS(=O)(=O)c3ccc(F)c(F)c3)cc(-c3ccccc3Cl)nc12. The summed E-state index contributed by atoms with van der Waals surface area (Å²) in [7, 11) is -3.95. The Kier molecular flexibility index (Phi) is 6.59. The molecule has 11 heteroatoms. The maximum atomic E-state index is 13.4. The van der Waals surface area contributed by atoms with Crippen LogP contribution in [0.4, 0.5) is 14.6 Å². The number of nitrogens with zero attached hydrogens (tertiary/aromatic N) is 3. The molecule has 0 bridgehead atoms. The average Bonchev–Trinajstić information content (AvgIpc) is 3.16. The predicted octanol–water partition coefficient (Wildman–Crippen LogP) is 4.42. The van der Waals surface area contributed by atoms with Gasteiger partial charge in [-0.05, 0) is 37.6 Å². The molecule has 0 radical (unpaired) electrons. The van der Waals surface area contributed by atoms with Crippen molar-refractivity contribution < 1.29 is 17.2 Å². The number of hydrogen-bond donors (Lipinski definition) is 2. The van der Waals surface area contributed by atoms with Crippen molar-refractivity contribution in [2.24, 2.45) is 0 Å². The van der Waals surface area contributed by atoms with Crippen LogP contribution in [0.5, 0.6) is 0 Å². The van der Waals surface area contributed by atoms with Crippen LogP contribution >= 0.6 is 11.6 Å². The van der Waals surface area contributed by atoms with Crippen molar-refractivity contribution in [1.82, 2.24) is 19.3 Å². The van der Waals surface area contributed by atoms with Crippen LogP contribution in [-0.4, -0.2) is 36.1 Å². The first kappa shape index (κ1) is 23.1. The summed E-state index contributed by atoms with van der Waals surface area (Å²) in [6.45, 7) is 2.42. The smallest absolute Gasteiger partial charge is 0.240 e. The third kappa shape index (κ3) is 4.97. The van der Waals surface area contributed by atoms with Gasteiger partial charge in [-0.25, -0.2) is 26.9 Å². The van der Waals surface area contributed by atoms with E-state index in [1.807, 2.05) is 31.2 Å². The first-order valence-electron chi connectivity index (χ1n) is 10.0. The maximum Gasteiger partial charge on any atom is 0.240 e. The summed E-state index contributed by atoms with van der Waals surface area (Å²) < 4.78 is 55.0. The number of aromatic nitrogens is 3. The number of aryl methyl sites for hydroxylation is 1. The van der Waals surface area contributed by atoms with Crippen molar-refractivity contribution in [2.75, 3.05) is 18.4 Å². The molecule has 33 heavy (non-hydrogen) atoms. The molecule has 2 aromatic carbocycles. The molecule has 0 fully saturated rings. The lowest BCUT2D eigenvalue weighted by Gasteiger charge is -2.12. The highest BCUT2D eigenvalue weighted by Gasteiger charge is 2.16. The van der Waals surface area contributed by atoms with Crippen LogP contribution in [0, 0.1) is 18.6 Å². The van der Waals surface area contributed by atoms with Gasteiger partial charge in [0.25, 0.3) is 0 Å². The summed E-state index contributed by atoms with van der Waals surface area (Å²) >= 11 is 6.34. The van der Waals surface area contributed by atoms with Crippen LogP contribution in [0.2, 0.25) is 5.02 Å². The Morgan fingerprint density at radius 2 is 1.85 bits per heavy atom. The van der Waals surface area contributed by atoms with Crippen LogP contribution in [-0.2, 0) is 10.0 Å². The Morgan fingerprint density at radius 3 is 2.61 bits per heavy atom. The number of anilines is 1. The second-order valence-electron chi connectivity index (χ2n) is 7.32. The quantitative estimate of drug-likeness (QED) is 0.356. The van der Waals surface area contributed by atoms with Gasteiger partial charge in [-0.2, -0.15) is 9.61 Å². The average molecular weight is 492 g/mol. The molecule has 0 aliphatic rings. The van der Waals surface area contributed by atoms with E-state index in [-0.39, 0.29) is 11.4 Å². The highest BCUT2D eigenvalue weighted by Crippen LogP contribution is 2.29. The second-order valence-corrected chi connectivity index (χ2v) is 9.50. The Hall–Kier alpha value is -3.08. The topological polar surface area (TPSA) is 88.4 Å². The van der Waals surface area contributed by atoms with E-state index >= 15 is 0 Å². The van der Waals surface area contributed by atoms with Crippen LogP contribution in [0.1, 0.15) is 12.0 Å². The number of benzene rings is 2. The molecule has 7 nitrogen and oxygen atoms in total. The molecule has 4 rings (SSSR count). The van der Waals surface area contributed by atoms with Crippen LogP contribution in [0.25, 0.3) is 16.9 Å². The minimum Gasteiger partial charge on any atom is -0.370 e. The second kappa shape index (κ2) is 9.42. The summed E-state index contributed by atoms with van der Waals surface area (Å²) in [4.78, 5) is 4.35. The van der Waals surface area contributed by atoms with Gasteiger partial charge < -0.3 is 5.32 Å². The summed E-state index contributed by atoms with van der Waals surface area (Å²) in [5, 5.41) is 8.17. The highest BCUT2D eigenvalue weighted by molar-refractivity contribution is 7.89. The van der Waals surface area contributed by atoms with E-state index in [1.165, 1.54) is 0 Å². The molecule has 4 aromatic rings. The maximum absolute atomic E-state index is 13.4. The predicted molar refractivity (Wildman–Crippen MR) is 123 cm³/mol. The molecule has 0 unspecified atom stereocenters.